The van der Waals surface area contributed by atoms with Crippen LogP contribution in [-0.2, 0) is 4.79 Å². The highest BCUT2D eigenvalue weighted by Gasteiger charge is 2.64. The number of methoxy groups -OCH3 is 1. The van der Waals surface area contributed by atoms with Gasteiger partial charge >= 0.3 is 5.63 Å². The van der Waals surface area contributed by atoms with E-state index in [0.29, 0.717) is 34.2 Å². The molecule has 2 aliphatic heterocycles. The van der Waals surface area contributed by atoms with Gasteiger partial charge in [-0.15, -0.1) is 0 Å². The highest BCUT2D eigenvalue weighted by atomic mass is 16.5. The molecule has 2 atom stereocenters. The van der Waals surface area contributed by atoms with Gasteiger partial charge in [0.25, 0.3) is 5.91 Å². The molecule has 0 radical (unpaired) electrons. The number of hydrogen-bond donors (Lipinski definition) is 0. The summed E-state index contributed by atoms with van der Waals surface area (Å²) in [5.41, 5.74) is -0.0575. The average Bonchev–Trinajstić information content (AvgIpc) is 3.25. The van der Waals surface area contributed by atoms with Crippen molar-refractivity contribution in [3.63, 3.8) is 0 Å². The Labute approximate surface area is 178 Å². The largest absolute Gasteiger partial charge is 0.496 e. The summed E-state index contributed by atoms with van der Waals surface area (Å²) in [6.45, 7) is 3.41. The number of carbonyl (C=O) groups excluding carboxylic acids is 1. The van der Waals surface area contributed by atoms with Crippen molar-refractivity contribution >= 4 is 17.3 Å². The number of hydrazone groups is 1. The SMILES string of the molecule is COc1ccccc1[C@H]1c2c(cc(C)oc2=O)O[C@@]12C(=O)N(c1ccccc1)N=C2C. The van der Waals surface area contributed by atoms with Crippen LogP contribution >= 0.6 is 0 Å². The highest BCUT2D eigenvalue weighted by molar-refractivity contribution is 6.23. The third-order valence-corrected chi connectivity index (χ3v) is 5.79. The lowest BCUT2D eigenvalue weighted by atomic mass is 9.76. The maximum absolute atomic E-state index is 13.9. The number of rotatable bonds is 3. The number of carbonyl (C=O) groups is 1. The fourth-order valence-corrected chi connectivity index (χ4v) is 4.43. The first-order valence-corrected chi connectivity index (χ1v) is 9.89. The van der Waals surface area contributed by atoms with Crippen molar-refractivity contribution < 1.29 is 18.7 Å². The molecule has 7 nitrogen and oxygen atoms in total. The minimum absolute atomic E-state index is 0.285. The lowest BCUT2D eigenvalue weighted by Crippen LogP contribution is -2.53. The lowest BCUT2D eigenvalue weighted by molar-refractivity contribution is -0.127. The molecule has 0 unspecified atom stereocenters. The molecule has 0 bridgehead atoms. The molecule has 3 aromatic rings. The number of para-hydroxylation sites is 2. The summed E-state index contributed by atoms with van der Waals surface area (Å²) in [5, 5.41) is 5.87. The second-order valence-corrected chi connectivity index (χ2v) is 7.57. The summed E-state index contributed by atoms with van der Waals surface area (Å²) in [6, 6.07) is 18.0. The molecule has 1 amide bonds. The number of hydrogen-bond acceptors (Lipinski definition) is 6. The smallest absolute Gasteiger partial charge is 0.343 e. The van der Waals surface area contributed by atoms with Crippen LogP contribution in [0.5, 0.6) is 11.5 Å². The van der Waals surface area contributed by atoms with Crippen LogP contribution < -0.4 is 20.1 Å². The van der Waals surface area contributed by atoms with E-state index in [0.717, 1.165) is 0 Å². The molecule has 2 aliphatic rings. The number of amides is 1. The molecule has 5 rings (SSSR count). The van der Waals surface area contributed by atoms with Crippen LogP contribution in [0.15, 0.2) is 75.0 Å². The average molecular weight is 416 g/mol. The van der Waals surface area contributed by atoms with Gasteiger partial charge in [0.1, 0.15) is 17.3 Å². The standard InChI is InChI=1S/C24H20N2O5/c1-14-13-19-20(22(27)30-14)21(17-11-7-8-12-18(17)29-3)24(31-19)15(2)25-26(23(24)28)16-9-5-4-6-10-16/h4-13,21H,1-3H3/t21-,24+/m0/s1. The van der Waals surface area contributed by atoms with Crippen molar-refractivity contribution in [2.45, 2.75) is 25.4 Å². The van der Waals surface area contributed by atoms with Gasteiger partial charge in [-0.2, -0.15) is 10.1 Å². The number of fused-ring (bicyclic) bond motifs is 1. The van der Waals surface area contributed by atoms with Crippen LogP contribution in [0, 0.1) is 6.92 Å². The maximum atomic E-state index is 13.9. The van der Waals surface area contributed by atoms with Crippen molar-refractivity contribution in [2.24, 2.45) is 5.10 Å². The molecule has 3 heterocycles. The van der Waals surface area contributed by atoms with E-state index in [1.165, 1.54) is 5.01 Å². The Morgan fingerprint density at radius 3 is 2.48 bits per heavy atom. The van der Waals surface area contributed by atoms with E-state index in [1.807, 2.05) is 36.4 Å². The zero-order valence-corrected chi connectivity index (χ0v) is 17.3. The fourth-order valence-electron chi connectivity index (χ4n) is 4.43. The van der Waals surface area contributed by atoms with Gasteiger partial charge in [0.2, 0.25) is 5.60 Å². The molecule has 7 heteroatoms. The van der Waals surface area contributed by atoms with Gasteiger partial charge in [-0.25, -0.2) is 4.79 Å². The molecule has 156 valence electrons. The summed E-state index contributed by atoms with van der Waals surface area (Å²) >= 11 is 0. The topological polar surface area (TPSA) is 81.3 Å². The molecule has 2 aromatic carbocycles. The van der Waals surface area contributed by atoms with E-state index in [-0.39, 0.29) is 11.5 Å². The fraction of sp³-hybridized carbons (Fsp3) is 0.208. The number of nitrogens with zero attached hydrogens (tertiary/aromatic N) is 2. The van der Waals surface area contributed by atoms with Crippen molar-refractivity contribution in [3.8, 4) is 11.5 Å². The Balaban J connectivity index is 1.77. The van der Waals surface area contributed by atoms with Crippen LogP contribution in [0.25, 0.3) is 0 Å². The van der Waals surface area contributed by atoms with E-state index >= 15 is 0 Å². The summed E-state index contributed by atoms with van der Waals surface area (Å²) < 4.78 is 17.3. The molecule has 0 saturated carbocycles. The molecule has 1 aromatic heterocycles. The number of anilines is 1. The first-order valence-electron chi connectivity index (χ1n) is 9.89. The number of benzene rings is 2. The zero-order valence-electron chi connectivity index (χ0n) is 17.3. The van der Waals surface area contributed by atoms with Crippen molar-refractivity contribution in [2.75, 3.05) is 12.1 Å². The van der Waals surface area contributed by atoms with E-state index in [2.05, 4.69) is 5.10 Å². The van der Waals surface area contributed by atoms with Crippen molar-refractivity contribution in [3.05, 3.63) is 88.0 Å². The predicted octanol–water partition coefficient (Wildman–Crippen LogP) is 3.64. The van der Waals surface area contributed by atoms with Gasteiger partial charge in [-0.1, -0.05) is 36.4 Å². The van der Waals surface area contributed by atoms with E-state index in [1.54, 1.807) is 45.2 Å². The van der Waals surface area contributed by atoms with Gasteiger partial charge in [0, 0.05) is 11.6 Å². The second-order valence-electron chi connectivity index (χ2n) is 7.57. The first-order chi connectivity index (χ1) is 15.0. The predicted molar refractivity (Wildman–Crippen MR) is 115 cm³/mol. The van der Waals surface area contributed by atoms with E-state index in [9.17, 15) is 9.59 Å². The summed E-state index contributed by atoms with van der Waals surface area (Å²) in [5.74, 6) is 0.116. The Hall–Kier alpha value is -3.87. The van der Waals surface area contributed by atoms with E-state index < -0.39 is 17.1 Å². The molecule has 1 spiro atoms. The van der Waals surface area contributed by atoms with Gasteiger partial charge in [-0.3, -0.25) is 4.79 Å². The third-order valence-electron chi connectivity index (χ3n) is 5.79. The van der Waals surface area contributed by atoms with Crippen LogP contribution in [0.4, 0.5) is 5.69 Å². The summed E-state index contributed by atoms with van der Waals surface area (Å²) in [4.78, 5) is 26.9. The second kappa shape index (κ2) is 6.84. The first kappa shape index (κ1) is 19.1. The normalized spacial score (nSPS) is 21.8. The van der Waals surface area contributed by atoms with Crippen LogP contribution in [0.2, 0.25) is 0 Å². The Bertz CT molecular complexity index is 1280. The molecule has 31 heavy (non-hydrogen) atoms. The molecule has 0 saturated heterocycles. The third kappa shape index (κ3) is 2.63. The van der Waals surface area contributed by atoms with Crippen LogP contribution in [0.1, 0.15) is 29.7 Å². The van der Waals surface area contributed by atoms with Gasteiger partial charge < -0.3 is 13.9 Å². The van der Waals surface area contributed by atoms with Crippen LogP contribution in [-0.4, -0.2) is 24.3 Å². The van der Waals surface area contributed by atoms with Crippen molar-refractivity contribution in [1.29, 1.82) is 0 Å². The molecule has 0 N–H and O–H groups in total. The molecule has 0 fully saturated rings. The summed E-state index contributed by atoms with van der Waals surface area (Å²) in [7, 11) is 1.55. The number of ether oxygens (including phenoxy) is 2. The molecule has 0 aliphatic carbocycles. The minimum atomic E-state index is -1.52. The molecular formula is C24H20N2O5. The molecular weight excluding hydrogens is 396 g/mol. The Kier molecular flexibility index (Phi) is 4.22. The summed E-state index contributed by atoms with van der Waals surface area (Å²) in [6.07, 6.45) is 0. The minimum Gasteiger partial charge on any atom is -0.496 e. The van der Waals surface area contributed by atoms with E-state index in [4.69, 9.17) is 13.9 Å². The maximum Gasteiger partial charge on any atom is 0.343 e. The number of aryl methyl sites for hydroxylation is 1. The lowest BCUT2D eigenvalue weighted by Gasteiger charge is -2.30. The van der Waals surface area contributed by atoms with Gasteiger partial charge in [-0.05, 0) is 32.0 Å². The monoisotopic (exact) mass is 416 g/mol. The van der Waals surface area contributed by atoms with Crippen LogP contribution in [0.3, 0.4) is 0 Å². The quantitative estimate of drug-likeness (QED) is 0.651. The highest BCUT2D eigenvalue weighted by Crippen LogP contribution is 2.52. The zero-order chi connectivity index (χ0) is 21.8. The van der Waals surface area contributed by atoms with Crippen molar-refractivity contribution in [1.82, 2.24) is 0 Å². The van der Waals surface area contributed by atoms with Gasteiger partial charge in [0.05, 0.1) is 30.0 Å². The Morgan fingerprint density at radius 2 is 1.74 bits per heavy atom. The van der Waals surface area contributed by atoms with Gasteiger partial charge in [0.15, 0.2) is 0 Å². The Morgan fingerprint density at radius 1 is 1.03 bits per heavy atom.